The molecule has 1 aliphatic heterocycles. The van der Waals surface area contributed by atoms with Crippen molar-refractivity contribution >= 4 is 5.69 Å². The first-order valence-corrected chi connectivity index (χ1v) is 10.0. The topological polar surface area (TPSA) is 15.7 Å². The third kappa shape index (κ3) is 3.73. The number of hydrogen-bond donors (Lipinski definition) is 0. The van der Waals surface area contributed by atoms with Gasteiger partial charge in [-0.05, 0) is 42.9 Å². The molecule has 1 saturated heterocycles. The fourth-order valence-electron chi connectivity index (χ4n) is 4.74. The van der Waals surface area contributed by atoms with E-state index in [0.29, 0.717) is 0 Å². The second-order valence-electron chi connectivity index (χ2n) is 7.62. The fraction of sp³-hybridized carbons (Fsp3) is 0.478. The van der Waals surface area contributed by atoms with Crippen LogP contribution in [0.15, 0.2) is 54.6 Å². The van der Waals surface area contributed by atoms with Gasteiger partial charge in [0.2, 0.25) is 0 Å². The summed E-state index contributed by atoms with van der Waals surface area (Å²) in [6.07, 6.45) is 5.38. The highest BCUT2D eigenvalue weighted by Crippen LogP contribution is 2.36. The lowest BCUT2D eigenvalue weighted by Crippen LogP contribution is -2.51. The maximum absolute atomic E-state index is 5.55. The van der Waals surface area contributed by atoms with Crippen LogP contribution in [0.3, 0.4) is 0 Å². The first kappa shape index (κ1) is 17.4. The summed E-state index contributed by atoms with van der Waals surface area (Å²) in [5.41, 5.74) is 2.77. The van der Waals surface area contributed by atoms with Gasteiger partial charge in [-0.25, -0.2) is 0 Å². The van der Waals surface area contributed by atoms with Crippen LogP contribution in [0, 0.1) is 0 Å². The summed E-state index contributed by atoms with van der Waals surface area (Å²) in [6, 6.07) is 20.3. The molecule has 0 amide bonds. The SMILES string of the molecule is COc1ccccc1N1CCN([C@H]2CCC[C@H](c3ccccc3)C2)CC1. The minimum atomic E-state index is 0.738. The van der Waals surface area contributed by atoms with Gasteiger partial charge < -0.3 is 9.64 Å². The van der Waals surface area contributed by atoms with E-state index in [-0.39, 0.29) is 0 Å². The first-order valence-electron chi connectivity index (χ1n) is 10.0. The van der Waals surface area contributed by atoms with Crippen molar-refractivity contribution in [1.29, 1.82) is 0 Å². The number of methoxy groups -OCH3 is 1. The molecule has 0 N–H and O–H groups in total. The van der Waals surface area contributed by atoms with Crippen LogP contribution in [0.4, 0.5) is 5.69 Å². The first-order chi connectivity index (χ1) is 12.8. The van der Waals surface area contributed by atoms with Crippen LogP contribution < -0.4 is 9.64 Å². The van der Waals surface area contributed by atoms with Crippen molar-refractivity contribution < 1.29 is 4.74 Å². The Morgan fingerprint density at radius 3 is 2.35 bits per heavy atom. The highest BCUT2D eigenvalue weighted by molar-refractivity contribution is 5.58. The normalized spacial score (nSPS) is 24.4. The number of hydrogen-bond acceptors (Lipinski definition) is 3. The van der Waals surface area contributed by atoms with E-state index in [1.165, 1.54) is 36.9 Å². The van der Waals surface area contributed by atoms with E-state index >= 15 is 0 Å². The van der Waals surface area contributed by atoms with Crippen LogP contribution in [-0.2, 0) is 0 Å². The van der Waals surface area contributed by atoms with E-state index in [1.54, 1.807) is 7.11 Å². The Kier molecular flexibility index (Phi) is 5.45. The van der Waals surface area contributed by atoms with Crippen molar-refractivity contribution in [2.75, 3.05) is 38.2 Å². The predicted octanol–water partition coefficient (Wildman–Crippen LogP) is 4.54. The zero-order chi connectivity index (χ0) is 17.8. The molecule has 0 aromatic heterocycles. The van der Waals surface area contributed by atoms with Gasteiger partial charge in [0.15, 0.2) is 0 Å². The molecule has 2 aromatic carbocycles. The smallest absolute Gasteiger partial charge is 0.142 e. The maximum atomic E-state index is 5.55. The van der Waals surface area contributed by atoms with E-state index in [9.17, 15) is 0 Å². The minimum Gasteiger partial charge on any atom is -0.495 e. The van der Waals surface area contributed by atoms with Crippen LogP contribution in [0.2, 0.25) is 0 Å². The molecule has 1 saturated carbocycles. The second kappa shape index (κ2) is 8.13. The van der Waals surface area contributed by atoms with Gasteiger partial charge in [-0.3, -0.25) is 4.90 Å². The summed E-state index contributed by atoms with van der Waals surface area (Å²) >= 11 is 0. The Balaban J connectivity index is 1.37. The molecule has 2 atom stereocenters. The summed E-state index contributed by atoms with van der Waals surface area (Å²) in [7, 11) is 1.76. The summed E-state index contributed by atoms with van der Waals surface area (Å²) in [5.74, 6) is 1.73. The lowest BCUT2D eigenvalue weighted by Gasteiger charge is -2.43. The monoisotopic (exact) mass is 350 g/mol. The van der Waals surface area contributed by atoms with Gasteiger partial charge in [-0.15, -0.1) is 0 Å². The van der Waals surface area contributed by atoms with Crippen molar-refractivity contribution in [3.63, 3.8) is 0 Å². The van der Waals surface area contributed by atoms with E-state index in [1.807, 2.05) is 6.07 Å². The number of nitrogens with zero attached hydrogens (tertiary/aromatic N) is 2. The molecule has 0 radical (unpaired) electrons. The Bertz CT molecular complexity index is 694. The average Bonchev–Trinajstić information content (AvgIpc) is 2.74. The van der Waals surface area contributed by atoms with Crippen LogP contribution in [0.5, 0.6) is 5.75 Å². The van der Waals surface area contributed by atoms with Crippen LogP contribution in [0.25, 0.3) is 0 Å². The third-order valence-electron chi connectivity index (χ3n) is 6.17. The van der Waals surface area contributed by atoms with Crippen molar-refractivity contribution in [2.45, 2.75) is 37.6 Å². The Hall–Kier alpha value is -2.00. The Labute approximate surface area is 157 Å². The molecule has 3 heteroatoms. The van der Waals surface area contributed by atoms with E-state index in [4.69, 9.17) is 4.74 Å². The summed E-state index contributed by atoms with van der Waals surface area (Å²) in [5, 5.41) is 0. The fourth-order valence-corrected chi connectivity index (χ4v) is 4.74. The molecular weight excluding hydrogens is 320 g/mol. The molecule has 138 valence electrons. The molecule has 4 rings (SSSR count). The molecular formula is C23H30N2O. The van der Waals surface area contributed by atoms with E-state index < -0.39 is 0 Å². The molecule has 0 spiro atoms. The quantitative estimate of drug-likeness (QED) is 0.805. The van der Waals surface area contributed by atoms with E-state index in [0.717, 1.165) is 43.9 Å². The highest BCUT2D eigenvalue weighted by atomic mass is 16.5. The van der Waals surface area contributed by atoms with Gasteiger partial charge in [0, 0.05) is 32.2 Å². The summed E-state index contributed by atoms with van der Waals surface area (Å²) in [6.45, 7) is 4.49. The zero-order valence-electron chi connectivity index (χ0n) is 15.8. The van der Waals surface area contributed by atoms with Gasteiger partial charge in [-0.2, -0.15) is 0 Å². The zero-order valence-corrected chi connectivity index (χ0v) is 15.8. The predicted molar refractivity (Wildman–Crippen MR) is 108 cm³/mol. The minimum absolute atomic E-state index is 0.738. The molecule has 1 heterocycles. The van der Waals surface area contributed by atoms with Crippen LogP contribution in [-0.4, -0.2) is 44.2 Å². The van der Waals surface area contributed by atoms with Crippen molar-refractivity contribution in [1.82, 2.24) is 4.90 Å². The maximum Gasteiger partial charge on any atom is 0.142 e. The van der Waals surface area contributed by atoms with Gasteiger partial charge in [0.1, 0.15) is 5.75 Å². The van der Waals surface area contributed by atoms with Crippen LogP contribution >= 0.6 is 0 Å². The molecule has 2 fully saturated rings. The number of ether oxygens (including phenoxy) is 1. The van der Waals surface area contributed by atoms with Crippen molar-refractivity contribution in [3.05, 3.63) is 60.2 Å². The highest BCUT2D eigenvalue weighted by Gasteiger charge is 2.30. The van der Waals surface area contributed by atoms with Gasteiger partial charge >= 0.3 is 0 Å². The third-order valence-corrected chi connectivity index (χ3v) is 6.17. The largest absolute Gasteiger partial charge is 0.495 e. The standard InChI is InChI=1S/C23H30N2O/c1-26-23-13-6-5-12-22(23)25-16-14-24(15-17-25)21-11-7-10-20(18-21)19-8-3-2-4-9-19/h2-6,8-9,12-13,20-21H,7,10-11,14-18H2,1H3/t20-,21-/m0/s1. The average molecular weight is 351 g/mol. The molecule has 1 aliphatic carbocycles. The number of piperazine rings is 1. The van der Waals surface area contributed by atoms with Crippen molar-refractivity contribution in [3.8, 4) is 5.75 Å². The number of benzene rings is 2. The molecule has 3 nitrogen and oxygen atoms in total. The van der Waals surface area contributed by atoms with E-state index in [2.05, 4.69) is 58.3 Å². The molecule has 0 bridgehead atoms. The number of anilines is 1. The molecule has 0 unspecified atom stereocenters. The van der Waals surface area contributed by atoms with Gasteiger partial charge in [0.25, 0.3) is 0 Å². The number of para-hydroxylation sites is 2. The molecule has 2 aliphatic rings. The summed E-state index contributed by atoms with van der Waals surface area (Å²) in [4.78, 5) is 5.22. The van der Waals surface area contributed by atoms with Gasteiger partial charge in [0.05, 0.1) is 12.8 Å². The summed E-state index contributed by atoms with van der Waals surface area (Å²) < 4.78 is 5.55. The second-order valence-corrected chi connectivity index (χ2v) is 7.62. The Morgan fingerprint density at radius 2 is 1.58 bits per heavy atom. The Morgan fingerprint density at radius 1 is 0.846 bits per heavy atom. The van der Waals surface area contributed by atoms with Crippen LogP contribution in [0.1, 0.15) is 37.2 Å². The number of rotatable bonds is 4. The van der Waals surface area contributed by atoms with Gasteiger partial charge in [-0.1, -0.05) is 48.9 Å². The van der Waals surface area contributed by atoms with Crippen molar-refractivity contribution in [2.24, 2.45) is 0 Å². The molecule has 26 heavy (non-hydrogen) atoms. The molecule has 2 aromatic rings. The lowest BCUT2D eigenvalue weighted by atomic mass is 9.80. The lowest BCUT2D eigenvalue weighted by molar-refractivity contribution is 0.139.